The number of hydrogen-bond donors (Lipinski definition) is 0. The number of rotatable bonds is 4. The zero-order chi connectivity index (χ0) is 9.80. The van der Waals surface area contributed by atoms with Gasteiger partial charge in [0.25, 0.3) is 0 Å². The molecule has 78 valence electrons. The number of furan rings is 1. The predicted molar refractivity (Wildman–Crippen MR) is 57.6 cm³/mol. The molecule has 0 saturated carbocycles. The molecule has 1 aliphatic heterocycles. The van der Waals surface area contributed by atoms with Gasteiger partial charge in [-0.15, -0.1) is 11.6 Å². The lowest BCUT2D eigenvalue weighted by molar-refractivity contribution is 0.326. The van der Waals surface area contributed by atoms with Crippen molar-refractivity contribution in [2.75, 3.05) is 19.6 Å². The van der Waals surface area contributed by atoms with Gasteiger partial charge in [-0.1, -0.05) is 0 Å². The molecule has 1 atom stereocenters. The Morgan fingerprint density at radius 1 is 1.43 bits per heavy atom. The molecule has 2 nitrogen and oxygen atoms in total. The molecule has 0 N–H and O–H groups in total. The summed E-state index contributed by atoms with van der Waals surface area (Å²) in [5.41, 5.74) is 0. The van der Waals surface area contributed by atoms with Crippen LogP contribution < -0.4 is 0 Å². The highest BCUT2D eigenvalue weighted by atomic mass is 35.5. The van der Waals surface area contributed by atoms with Crippen LogP contribution >= 0.6 is 11.6 Å². The van der Waals surface area contributed by atoms with Gasteiger partial charge in [0, 0.05) is 0 Å². The van der Waals surface area contributed by atoms with E-state index in [0.717, 1.165) is 18.7 Å². The maximum Gasteiger partial charge on any atom is 0.121 e. The van der Waals surface area contributed by atoms with Gasteiger partial charge < -0.3 is 9.32 Å². The molecule has 0 spiro atoms. The molecule has 1 unspecified atom stereocenters. The lowest BCUT2D eigenvalue weighted by Crippen LogP contribution is -2.21. The van der Waals surface area contributed by atoms with Gasteiger partial charge in [-0.2, -0.15) is 0 Å². The van der Waals surface area contributed by atoms with Crippen LogP contribution in [0.4, 0.5) is 0 Å². The summed E-state index contributed by atoms with van der Waals surface area (Å²) in [5.74, 6) is 0.894. The molecule has 0 aliphatic carbocycles. The standard InChI is InChI=1S/C11H16ClNO/c12-10(11-4-3-9-14-11)5-8-13-6-1-2-7-13/h3-4,9-10H,1-2,5-8H2. The highest BCUT2D eigenvalue weighted by molar-refractivity contribution is 6.20. The molecule has 1 aliphatic rings. The van der Waals surface area contributed by atoms with E-state index in [2.05, 4.69) is 4.90 Å². The largest absolute Gasteiger partial charge is 0.468 e. The Morgan fingerprint density at radius 2 is 2.21 bits per heavy atom. The van der Waals surface area contributed by atoms with Crippen LogP contribution in [0.2, 0.25) is 0 Å². The third-order valence-corrected chi connectivity index (χ3v) is 3.18. The lowest BCUT2D eigenvalue weighted by Gasteiger charge is -2.15. The first-order chi connectivity index (χ1) is 6.86. The fraction of sp³-hybridized carbons (Fsp3) is 0.636. The van der Waals surface area contributed by atoms with Gasteiger partial charge in [-0.05, 0) is 51.0 Å². The van der Waals surface area contributed by atoms with E-state index in [4.69, 9.17) is 16.0 Å². The van der Waals surface area contributed by atoms with E-state index in [0.29, 0.717) is 0 Å². The maximum absolute atomic E-state index is 6.21. The lowest BCUT2D eigenvalue weighted by atomic mass is 10.2. The van der Waals surface area contributed by atoms with E-state index in [1.807, 2.05) is 12.1 Å². The molecule has 0 aromatic carbocycles. The van der Waals surface area contributed by atoms with Crippen molar-refractivity contribution in [2.24, 2.45) is 0 Å². The van der Waals surface area contributed by atoms with Crippen molar-refractivity contribution in [2.45, 2.75) is 24.6 Å². The fourth-order valence-corrected chi connectivity index (χ4v) is 2.14. The molecule has 1 aromatic rings. The second-order valence-electron chi connectivity index (χ2n) is 3.82. The minimum absolute atomic E-state index is 0.0330. The summed E-state index contributed by atoms with van der Waals surface area (Å²) in [6.45, 7) is 3.57. The van der Waals surface area contributed by atoms with E-state index in [-0.39, 0.29) is 5.38 Å². The normalized spacial score (nSPS) is 20.1. The van der Waals surface area contributed by atoms with E-state index >= 15 is 0 Å². The first-order valence-corrected chi connectivity index (χ1v) is 5.70. The molecule has 2 heterocycles. The summed E-state index contributed by atoms with van der Waals surface area (Å²) in [7, 11) is 0. The van der Waals surface area contributed by atoms with Crippen LogP contribution in [0.15, 0.2) is 22.8 Å². The Kier molecular flexibility index (Phi) is 3.49. The summed E-state index contributed by atoms with van der Waals surface area (Å²) in [6, 6.07) is 3.84. The summed E-state index contributed by atoms with van der Waals surface area (Å²) < 4.78 is 5.26. The third kappa shape index (κ3) is 2.52. The summed E-state index contributed by atoms with van der Waals surface area (Å²) in [4.78, 5) is 2.47. The van der Waals surface area contributed by atoms with Crippen molar-refractivity contribution < 1.29 is 4.42 Å². The van der Waals surface area contributed by atoms with Crippen LogP contribution in [0.5, 0.6) is 0 Å². The molecule has 1 fully saturated rings. The van der Waals surface area contributed by atoms with Gasteiger partial charge in [0.05, 0.1) is 11.6 Å². The minimum Gasteiger partial charge on any atom is -0.468 e. The number of alkyl halides is 1. The highest BCUT2D eigenvalue weighted by Crippen LogP contribution is 2.25. The molecule has 2 rings (SSSR count). The van der Waals surface area contributed by atoms with Crippen molar-refractivity contribution in [3.8, 4) is 0 Å². The number of nitrogens with zero attached hydrogens (tertiary/aromatic N) is 1. The zero-order valence-electron chi connectivity index (χ0n) is 8.29. The Hall–Kier alpha value is -0.470. The minimum atomic E-state index is 0.0330. The summed E-state index contributed by atoms with van der Waals surface area (Å²) >= 11 is 6.21. The topological polar surface area (TPSA) is 16.4 Å². The van der Waals surface area contributed by atoms with Gasteiger partial charge in [-0.25, -0.2) is 0 Å². The Morgan fingerprint density at radius 3 is 2.86 bits per heavy atom. The van der Waals surface area contributed by atoms with Crippen molar-refractivity contribution in [1.29, 1.82) is 0 Å². The van der Waals surface area contributed by atoms with Gasteiger partial charge in [-0.3, -0.25) is 0 Å². The van der Waals surface area contributed by atoms with Crippen LogP contribution in [0.1, 0.15) is 30.4 Å². The van der Waals surface area contributed by atoms with Crippen LogP contribution in [-0.2, 0) is 0 Å². The van der Waals surface area contributed by atoms with Gasteiger partial charge in [0.15, 0.2) is 0 Å². The monoisotopic (exact) mass is 213 g/mol. The predicted octanol–water partition coefficient (Wildman–Crippen LogP) is 3.05. The van der Waals surface area contributed by atoms with Crippen molar-refractivity contribution in [3.05, 3.63) is 24.2 Å². The summed E-state index contributed by atoms with van der Waals surface area (Å²) in [6.07, 6.45) is 5.34. The smallest absolute Gasteiger partial charge is 0.121 e. The van der Waals surface area contributed by atoms with E-state index in [9.17, 15) is 0 Å². The van der Waals surface area contributed by atoms with Crippen molar-refractivity contribution >= 4 is 11.6 Å². The molecule has 0 radical (unpaired) electrons. The highest BCUT2D eigenvalue weighted by Gasteiger charge is 2.15. The Bertz CT molecular complexity index is 254. The zero-order valence-corrected chi connectivity index (χ0v) is 9.04. The van der Waals surface area contributed by atoms with Crippen LogP contribution in [0.25, 0.3) is 0 Å². The number of halogens is 1. The first-order valence-electron chi connectivity index (χ1n) is 5.26. The van der Waals surface area contributed by atoms with Crippen LogP contribution in [0.3, 0.4) is 0 Å². The quantitative estimate of drug-likeness (QED) is 0.715. The van der Waals surface area contributed by atoms with Crippen LogP contribution in [0, 0.1) is 0 Å². The molecule has 1 aromatic heterocycles. The van der Waals surface area contributed by atoms with Crippen LogP contribution in [-0.4, -0.2) is 24.5 Å². The second-order valence-corrected chi connectivity index (χ2v) is 4.35. The van der Waals surface area contributed by atoms with Gasteiger partial charge in [0.1, 0.15) is 5.76 Å². The number of likely N-dealkylation sites (tertiary alicyclic amines) is 1. The Labute approximate surface area is 89.8 Å². The Balaban J connectivity index is 1.74. The van der Waals surface area contributed by atoms with E-state index in [1.165, 1.54) is 25.9 Å². The molecule has 3 heteroatoms. The SMILES string of the molecule is ClC(CCN1CCCC1)c1ccco1. The second kappa shape index (κ2) is 4.85. The van der Waals surface area contributed by atoms with E-state index in [1.54, 1.807) is 6.26 Å². The fourth-order valence-electron chi connectivity index (χ4n) is 1.91. The number of hydrogen-bond acceptors (Lipinski definition) is 2. The average molecular weight is 214 g/mol. The third-order valence-electron chi connectivity index (χ3n) is 2.75. The molecular weight excluding hydrogens is 198 g/mol. The molecule has 0 amide bonds. The molecule has 14 heavy (non-hydrogen) atoms. The van der Waals surface area contributed by atoms with Crippen molar-refractivity contribution in [3.63, 3.8) is 0 Å². The van der Waals surface area contributed by atoms with E-state index < -0.39 is 0 Å². The summed E-state index contributed by atoms with van der Waals surface area (Å²) in [5, 5.41) is 0.0330. The molecular formula is C11H16ClNO. The van der Waals surface area contributed by atoms with Gasteiger partial charge >= 0.3 is 0 Å². The average Bonchev–Trinajstić information content (AvgIpc) is 2.87. The molecule has 1 saturated heterocycles. The first kappa shape index (κ1) is 10.1. The molecule has 0 bridgehead atoms. The maximum atomic E-state index is 6.21. The van der Waals surface area contributed by atoms with Gasteiger partial charge in [0.2, 0.25) is 0 Å². The van der Waals surface area contributed by atoms with Crippen molar-refractivity contribution in [1.82, 2.24) is 4.90 Å².